The van der Waals surface area contributed by atoms with Crippen molar-refractivity contribution in [3.63, 3.8) is 0 Å². The van der Waals surface area contributed by atoms with Crippen LogP contribution >= 0.6 is 0 Å². The molecule has 2 N–H and O–H groups in total. The maximum Gasteiger partial charge on any atom is 0.268 e. The highest BCUT2D eigenvalue weighted by Gasteiger charge is 2.35. The Morgan fingerprint density at radius 2 is 1.78 bits per heavy atom. The molecule has 120 valence electrons. The summed E-state index contributed by atoms with van der Waals surface area (Å²) in [6, 6.07) is 12.8. The van der Waals surface area contributed by atoms with Gasteiger partial charge in [-0.1, -0.05) is 18.2 Å². The van der Waals surface area contributed by atoms with Gasteiger partial charge >= 0.3 is 0 Å². The third-order valence-electron chi connectivity index (χ3n) is 3.45. The molecule has 0 aromatic heterocycles. The molecule has 6 nitrogen and oxygen atoms in total. The molecule has 1 amide bonds. The predicted molar refractivity (Wildman–Crippen MR) is 87.0 cm³/mol. The van der Waals surface area contributed by atoms with E-state index in [0.29, 0.717) is 17.1 Å². The van der Waals surface area contributed by atoms with Gasteiger partial charge in [0.25, 0.3) is 15.9 Å². The van der Waals surface area contributed by atoms with Crippen LogP contribution in [0.2, 0.25) is 0 Å². The van der Waals surface area contributed by atoms with E-state index in [1.807, 2.05) is 0 Å². The average Bonchev–Trinajstić information content (AvgIpc) is 2.49. The zero-order valence-electron chi connectivity index (χ0n) is 12.7. The highest BCUT2D eigenvalue weighted by atomic mass is 32.2. The molecule has 0 unspecified atom stereocenters. The van der Waals surface area contributed by atoms with Crippen LogP contribution in [0.15, 0.2) is 53.4 Å². The Hall–Kier alpha value is -2.54. The van der Waals surface area contributed by atoms with Gasteiger partial charge in [-0.2, -0.15) is 0 Å². The molecule has 2 aromatic carbocycles. The first kappa shape index (κ1) is 15.4. The van der Waals surface area contributed by atoms with Gasteiger partial charge in [-0.15, -0.1) is 0 Å². The quantitative estimate of drug-likeness (QED) is 0.905. The van der Waals surface area contributed by atoms with Crippen molar-refractivity contribution in [2.75, 3.05) is 10.0 Å². The third-order valence-corrected chi connectivity index (χ3v) is 4.84. The maximum absolute atomic E-state index is 12.3. The van der Waals surface area contributed by atoms with Crippen LogP contribution in [0.4, 0.5) is 11.4 Å². The fourth-order valence-corrected chi connectivity index (χ4v) is 3.26. The molecule has 2 aromatic rings. The standard InChI is InChI=1S/C16H16N2O4S/c1-16(2)15(19)17-13-10-11(8-9-14(13)22-16)18-23(20,21)12-6-4-3-5-7-12/h3-10,18H,1-2H3,(H,17,19). The number of benzene rings is 2. The summed E-state index contributed by atoms with van der Waals surface area (Å²) in [5, 5.41) is 2.72. The second-order valence-electron chi connectivity index (χ2n) is 5.70. The molecule has 0 fully saturated rings. The number of anilines is 2. The minimum absolute atomic E-state index is 0.166. The van der Waals surface area contributed by atoms with Gasteiger partial charge in [0.2, 0.25) is 0 Å². The summed E-state index contributed by atoms with van der Waals surface area (Å²) >= 11 is 0. The smallest absolute Gasteiger partial charge is 0.268 e. The first-order valence-corrected chi connectivity index (χ1v) is 8.49. The van der Waals surface area contributed by atoms with Crippen molar-refractivity contribution in [1.82, 2.24) is 0 Å². The van der Waals surface area contributed by atoms with Crippen molar-refractivity contribution in [2.45, 2.75) is 24.3 Å². The van der Waals surface area contributed by atoms with Gasteiger partial charge in [0, 0.05) is 0 Å². The molecule has 3 rings (SSSR count). The van der Waals surface area contributed by atoms with Crippen LogP contribution < -0.4 is 14.8 Å². The van der Waals surface area contributed by atoms with Crippen LogP contribution in [0.5, 0.6) is 5.75 Å². The SMILES string of the molecule is CC1(C)Oc2ccc(NS(=O)(=O)c3ccccc3)cc2NC1=O. The number of hydrogen-bond donors (Lipinski definition) is 2. The molecule has 1 aliphatic rings. The largest absolute Gasteiger partial charge is 0.476 e. The van der Waals surface area contributed by atoms with Crippen molar-refractivity contribution in [3.8, 4) is 5.75 Å². The molecular formula is C16H16N2O4S. The van der Waals surface area contributed by atoms with E-state index in [1.165, 1.54) is 18.2 Å². The van der Waals surface area contributed by atoms with Crippen LogP contribution in [0.1, 0.15) is 13.8 Å². The van der Waals surface area contributed by atoms with Crippen molar-refractivity contribution >= 4 is 27.3 Å². The summed E-state index contributed by atoms with van der Waals surface area (Å²) < 4.78 is 32.7. The maximum atomic E-state index is 12.3. The van der Waals surface area contributed by atoms with Crippen molar-refractivity contribution in [2.24, 2.45) is 0 Å². The molecule has 0 saturated carbocycles. The van der Waals surface area contributed by atoms with Gasteiger partial charge in [0.05, 0.1) is 16.3 Å². The lowest BCUT2D eigenvalue weighted by Gasteiger charge is -2.31. The Bertz CT molecular complexity index is 861. The summed E-state index contributed by atoms with van der Waals surface area (Å²) in [5.74, 6) is 0.213. The zero-order chi connectivity index (χ0) is 16.7. The van der Waals surface area contributed by atoms with E-state index in [2.05, 4.69) is 10.0 Å². The minimum atomic E-state index is -3.68. The molecule has 0 bridgehead atoms. The second-order valence-corrected chi connectivity index (χ2v) is 7.38. The Labute approximate surface area is 134 Å². The first-order chi connectivity index (χ1) is 10.8. The number of ether oxygens (including phenoxy) is 1. The minimum Gasteiger partial charge on any atom is -0.476 e. The van der Waals surface area contributed by atoms with Crippen LogP contribution in [-0.4, -0.2) is 19.9 Å². The zero-order valence-corrected chi connectivity index (χ0v) is 13.5. The van der Waals surface area contributed by atoms with Gasteiger partial charge < -0.3 is 10.1 Å². The molecule has 0 radical (unpaired) electrons. The number of sulfonamides is 1. The molecule has 1 aliphatic heterocycles. The Morgan fingerprint density at radius 3 is 2.48 bits per heavy atom. The number of amides is 1. The third kappa shape index (κ3) is 3.00. The van der Waals surface area contributed by atoms with E-state index in [4.69, 9.17) is 4.74 Å². The summed E-state index contributed by atoms with van der Waals surface area (Å²) in [6.45, 7) is 3.33. The predicted octanol–water partition coefficient (Wildman–Crippen LogP) is 2.60. The van der Waals surface area contributed by atoms with E-state index in [-0.39, 0.29) is 10.8 Å². The lowest BCUT2D eigenvalue weighted by atomic mass is 10.1. The van der Waals surface area contributed by atoms with Gasteiger partial charge in [-0.3, -0.25) is 9.52 Å². The fraction of sp³-hybridized carbons (Fsp3) is 0.188. The van der Waals surface area contributed by atoms with Crippen LogP contribution in [0, 0.1) is 0 Å². The average molecular weight is 332 g/mol. The van der Waals surface area contributed by atoms with E-state index in [9.17, 15) is 13.2 Å². The summed E-state index contributed by atoms with van der Waals surface area (Å²) in [6.07, 6.45) is 0. The van der Waals surface area contributed by atoms with Crippen LogP contribution in [-0.2, 0) is 14.8 Å². The Kier molecular flexibility index (Phi) is 3.52. The molecular weight excluding hydrogens is 316 g/mol. The molecule has 23 heavy (non-hydrogen) atoms. The van der Waals surface area contributed by atoms with E-state index < -0.39 is 15.6 Å². The number of rotatable bonds is 3. The Morgan fingerprint density at radius 1 is 1.09 bits per heavy atom. The van der Waals surface area contributed by atoms with E-state index in [0.717, 1.165) is 0 Å². The number of nitrogens with one attached hydrogen (secondary N) is 2. The topological polar surface area (TPSA) is 84.5 Å². The number of fused-ring (bicyclic) bond motifs is 1. The lowest BCUT2D eigenvalue weighted by molar-refractivity contribution is -0.129. The highest BCUT2D eigenvalue weighted by Crippen LogP contribution is 2.35. The van der Waals surface area contributed by atoms with E-state index >= 15 is 0 Å². The van der Waals surface area contributed by atoms with Gasteiger partial charge in [-0.25, -0.2) is 8.42 Å². The molecule has 0 aliphatic carbocycles. The normalized spacial score (nSPS) is 16.0. The molecule has 0 spiro atoms. The number of carbonyl (C=O) groups excluding carboxylic acids is 1. The van der Waals surface area contributed by atoms with Crippen LogP contribution in [0.25, 0.3) is 0 Å². The first-order valence-electron chi connectivity index (χ1n) is 7.00. The van der Waals surface area contributed by atoms with Crippen LogP contribution in [0.3, 0.4) is 0 Å². The van der Waals surface area contributed by atoms with Crippen molar-refractivity contribution < 1.29 is 17.9 Å². The summed E-state index contributed by atoms with van der Waals surface area (Å²) in [4.78, 5) is 12.1. The summed E-state index contributed by atoms with van der Waals surface area (Å²) in [5.41, 5.74) is -0.184. The van der Waals surface area contributed by atoms with Gasteiger partial charge in [0.1, 0.15) is 5.75 Å². The highest BCUT2D eigenvalue weighted by molar-refractivity contribution is 7.92. The van der Waals surface area contributed by atoms with Gasteiger partial charge in [0.15, 0.2) is 5.60 Å². The van der Waals surface area contributed by atoms with Crippen molar-refractivity contribution in [1.29, 1.82) is 0 Å². The fourth-order valence-electron chi connectivity index (χ4n) is 2.19. The second kappa shape index (κ2) is 5.27. The van der Waals surface area contributed by atoms with Crippen molar-refractivity contribution in [3.05, 3.63) is 48.5 Å². The molecule has 0 atom stereocenters. The summed E-state index contributed by atoms with van der Waals surface area (Å²) in [7, 11) is -3.68. The molecule has 0 saturated heterocycles. The number of hydrogen-bond acceptors (Lipinski definition) is 4. The molecule has 7 heteroatoms. The number of carbonyl (C=O) groups is 1. The van der Waals surface area contributed by atoms with E-state index in [1.54, 1.807) is 44.2 Å². The monoisotopic (exact) mass is 332 g/mol. The van der Waals surface area contributed by atoms with Gasteiger partial charge in [-0.05, 0) is 44.2 Å². The lowest BCUT2D eigenvalue weighted by Crippen LogP contribution is -2.45. The Balaban J connectivity index is 1.89. The molecule has 1 heterocycles.